The summed E-state index contributed by atoms with van der Waals surface area (Å²) in [5.74, 6) is -0.245. The number of allylic oxidation sites excluding steroid dienone is 1. The molecule has 0 saturated carbocycles. The van der Waals surface area contributed by atoms with Crippen molar-refractivity contribution < 1.29 is 4.79 Å². The maximum Gasteiger partial charge on any atom is 0.217 e. The van der Waals surface area contributed by atoms with Crippen LogP contribution in [0.15, 0.2) is 11.1 Å². The van der Waals surface area contributed by atoms with E-state index in [0.29, 0.717) is 6.42 Å². The molecular weight excluding hydrogens is 174 g/mol. The number of carbonyl (C=O) groups is 1. The maximum absolute atomic E-state index is 10.4. The molecule has 0 saturated heterocycles. The van der Waals surface area contributed by atoms with E-state index in [1.54, 1.807) is 11.8 Å². The molecule has 1 atom stereocenters. The Morgan fingerprint density at radius 3 is 3.00 bits per heavy atom. The van der Waals surface area contributed by atoms with Crippen molar-refractivity contribution >= 4 is 17.7 Å². The number of nitrogens with one attached hydrogen (secondary N) is 1. The Balaban J connectivity index is 2.12. The Morgan fingerprint density at radius 1 is 1.75 bits per heavy atom. The van der Waals surface area contributed by atoms with Crippen LogP contribution in [0.1, 0.15) is 19.3 Å². The van der Waals surface area contributed by atoms with E-state index in [1.165, 1.54) is 0 Å². The Labute approximate surface area is 75.7 Å². The molecule has 1 rings (SSSR count). The van der Waals surface area contributed by atoms with Gasteiger partial charge < -0.3 is 16.8 Å². The number of hydrogen-bond donors (Lipinski definition) is 3. The normalized spacial score (nSPS) is 21.8. The Kier molecular flexibility index (Phi) is 3.43. The number of rotatable bonds is 4. The lowest BCUT2D eigenvalue weighted by Crippen LogP contribution is -2.29. The van der Waals surface area contributed by atoms with E-state index < -0.39 is 0 Å². The van der Waals surface area contributed by atoms with Crippen LogP contribution in [0.5, 0.6) is 0 Å². The number of thioether (sulfide) groups is 1. The van der Waals surface area contributed by atoms with Crippen molar-refractivity contribution in [3.63, 3.8) is 0 Å². The van der Waals surface area contributed by atoms with Crippen molar-refractivity contribution in [2.24, 2.45) is 11.5 Å². The quantitative estimate of drug-likeness (QED) is 0.581. The summed E-state index contributed by atoms with van der Waals surface area (Å²) >= 11 is 1.55. The Bertz CT molecular complexity index is 205. The molecule has 0 spiro atoms. The van der Waals surface area contributed by atoms with Gasteiger partial charge in [-0.1, -0.05) is 11.8 Å². The molecule has 0 fully saturated rings. The van der Waals surface area contributed by atoms with Gasteiger partial charge in [-0.25, -0.2) is 0 Å². The van der Waals surface area contributed by atoms with Gasteiger partial charge in [-0.2, -0.15) is 0 Å². The van der Waals surface area contributed by atoms with Crippen LogP contribution in [-0.4, -0.2) is 11.4 Å². The van der Waals surface area contributed by atoms with Crippen LogP contribution in [0.4, 0.5) is 0 Å². The molecule has 1 aliphatic rings. The molecule has 4 nitrogen and oxygen atoms in total. The number of amides is 1. The Morgan fingerprint density at radius 2 is 2.50 bits per heavy atom. The average Bonchev–Trinajstić information content (AvgIpc) is 2.35. The van der Waals surface area contributed by atoms with Gasteiger partial charge >= 0.3 is 0 Å². The largest absolute Gasteiger partial charge is 0.370 e. The van der Waals surface area contributed by atoms with Crippen molar-refractivity contribution in [2.75, 3.05) is 0 Å². The van der Waals surface area contributed by atoms with E-state index in [9.17, 15) is 4.79 Å². The van der Waals surface area contributed by atoms with Gasteiger partial charge in [0, 0.05) is 12.1 Å². The van der Waals surface area contributed by atoms with Crippen LogP contribution in [0, 0.1) is 0 Å². The van der Waals surface area contributed by atoms with Gasteiger partial charge in [0.15, 0.2) is 0 Å². The van der Waals surface area contributed by atoms with Crippen LogP contribution >= 0.6 is 11.8 Å². The first-order valence-corrected chi connectivity index (χ1v) is 4.77. The van der Waals surface area contributed by atoms with Crippen molar-refractivity contribution in [3.05, 3.63) is 11.1 Å². The second kappa shape index (κ2) is 4.37. The van der Waals surface area contributed by atoms with Gasteiger partial charge in [-0.05, 0) is 18.2 Å². The predicted molar refractivity (Wildman–Crippen MR) is 49.8 cm³/mol. The van der Waals surface area contributed by atoms with Crippen molar-refractivity contribution in [3.8, 4) is 0 Å². The fourth-order valence-electron chi connectivity index (χ4n) is 0.990. The molecule has 5 heteroatoms. The minimum atomic E-state index is -0.245. The van der Waals surface area contributed by atoms with Gasteiger partial charge in [0.1, 0.15) is 5.50 Å². The molecule has 5 N–H and O–H groups in total. The summed E-state index contributed by atoms with van der Waals surface area (Å²) in [5, 5.41) is 5.07. The smallest absolute Gasteiger partial charge is 0.217 e. The third kappa shape index (κ3) is 3.15. The third-order valence-corrected chi connectivity index (χ3v) is 2.39. The van der Waals surface area contributed by atoms with Crippen molar-refractivity contribution in [1.29, 1.82) is 0 Å². The molecule has 0 bridgehead atoms. The van der Waals surface area contributed by atoms with E-state index in [1.807, 2.05) is 5.41 Å². The topological polar surface area (TPSA) is 81.1 Å². The molecule has 12 heavy (non-hydrogen) atoms. The minimum absolute atomic E-state index is 0.0198. The summed E-state index contributed by atoms with van der Waals surface area (Å²) in [4.78, 5) is 10.4. The van der Waals surface area contributed by atoms with Crippen LogP contribution in [0.2, 0.25) is 0 Å². The van der Waals surface area contributed by atoms with Crippen LogP contribution < -0.4 is 16.8 Å². The number of hydrogen-bond acceptors (Lipinski definition) is 4. The molecule has 0 aromatic heterocycles. The molecule has 0 radical (unpaired) electrons. The van der Waals surface area contributed by atoms with Gasteiger partial charge in [0.25, 0.3) is 0 Å². The second-order valence-electron chi connectivity index (χ2n) is 2.66. The van der Waals surface area contributed by atoms with Crippen LogP contribution in [0.25, 0.3) is 0 Å². The molecule has 1 unspecified atom stereocenters. The summed E-state index contributed by atoms with van der Waals surface area (Å²) in [6.07, 6.45) is 2.09. The fourth-order valence-corrected chi connectivity index (χ4v) is 1.71. The molecule has 0 aromatic rings. The molecule has 68 valence electrons. The highest BCUT2D eigenvalue weighted by Gasteiger charge is 2.10. The van der Waals surface area contributed by atoms with E-state index in [0.717, 1.165) is 18.5 Å². The van der Waals surface area contributed by atoms with Crippen LogP contribution in [-0.2, 0) is 4.79 Å². The first-order chi connectivity index (χ1) is 5.68. The monoisotopic (exact) mass is 187 g/mol. The van der Waals surface area contributed by atoms with E-state index in [4.69, 9.17) is 11.5 Å². The zero-order valence-electron chi connectivity index (χ0n) is 6.75. The lowest BCUT2D eigenvalue weighted by molar-refractivity contribution is -0.118. The number of primary amides is 1. The zero-order valence-corrected chi connectivity index (χ0v) is 7.56. The highest BCUT2D eigenvalue weighted by Crippen LogP contribution is 2.20. The Hall–Kier alpha value is -0.680. The number of nitrogens with two attached hydrogens (primary N) is 2. The minimum Gasteiger partial charge on any atom is -0.370 e. The second-order valence-corrected chi connectivity index (χ2v) is 3.68. The molecule has 0 aliphatic carbocycles. The number of carbonyl (C=O) groups excluding carboxylic acids is 1. The SMILES string of the molecule is NC(=O)CCCC1=CSC(N)N1. The first kappa shape index (κ1) is 9.41. The summed E-state index contributed by atoms with van der Waals surface area (Å²) in [6, 6.07) is 0. The van der Waals surface area contributed by atoms with Crippen molar-refractivity contribution in [2.45, 2.75) is 24.8 Å². The highest BCUT2D eigenvalue weighted by molar-refractivity contribution is 8.02. The van der Waals surface area contributed by atoms with Gasteiger partial charge in [-0.3, -0.25) is 4.79 Å². The summed E-state index contributed by atoms with van der Waals surface area (Å²) in [7, 11) is 0. The molecule has 1 aliphatic heterocycles. The molecule has 1 amide bonds. The maximum atomic E-state index is 10.4. The zero-order chi connectivity index (χ0) is 8.97. The van der Waals surface area contributed by atoms with E-state index in [2.05, 4.69) is 5.32 Å². The van der Waals surface area contributed by atoms with Gasteiger partial charge in [0.2, 0.25) is 5.91 Å². The molecule has 0 aromatic carbocycles. The molecular formula is C7H13N3OS. The third-order valence-electron chi connectivity index (χ3n) is 1.55. The lowest BCUT2D eigenvalue weighted by Gasteiger charge is -2.06. The standard InChI is InChI=1S/C7H13N3OS/c8-6(11)3-1-2-5-4-12-7(9)10-5/h4,7,10H,1-3,9H2,(H2,8,11). The summed E-state index contributed by atoms with van der Waals surface area (Å²) < 4.78 is 0. The fraction of sp³-hybridized carbons (Fsp3) is 0.571. The summed E-state index contributed by atoms with van der Waals surface area (Å²) in [6.45, 7) is 0. The van der Waals surface area contributed by atoms with Gasteiger partial charge in [0.05, 0.1) is 0 Å². The van der Waals surface area contributed by atoms with E-state index in [-0.39, 0.29) is 11.4 Å². The predicted octanol–water partition coefficient (Wildman–Crippen LogP) is 0.0621. The first-order valence-electron chi connectivity index (χ1n) is 3.83. The van der Waals surface area contributed by atoms with E-state index >= 15 is 0 Å². The van der Waals surface area contributed by atoms with Gasteiger partial charge in [-0.15, -0.1) is 0 Å². The molecule has 1 heterocycles. The van der Waals surface area contributed by atoms with Crippen LogP contribution in [0.3, 0.4) is 0 Å². The van der Waals surface area contributed by atoms with Crippen molar-refractivity contribution in [1.82, 2.24) is 5.32 Å². The summed E-state index contributed by atoms with van der Waals surface area (Å²) in [5.41, 5.74) is 11.6. The lowest BCUT2D eigenvalue weighted by atomic mass is 10.2. The highest BCUT2D eigenvalue weighted by atomic mass is 32.2. The average molecular weight is 187 g/mol.